The van der Waals surface area contributed by atoms with Crippen LogP contribution < -0.4 is 21.5 Å². The molecular formula is C27H29N7OS. The van der Waals surface area contributed by atoms with Crippen LogP contribution in [0.3, 0.4) is 0 Å². The molecule has 0 radical (unpaired) electrons. The third-order valence-electron chi connectivity index (χ3n) is 8.02. The van der Waals surface area contributed by atoms with Crippen molar-refractivity contribution in [3.8, 4) is 11.1 Å². The predicted molar refractivity (Wildman–Crippen MR) is 141 cm³/mol. The lowest BCUT2D eigenvalue weighted by atomic mass is 9.82. The van der Waals surface area contributed by atoms with Gasteiger partial charge in [0, 0.05) is 42.2 Å². The Balaban J connectivity index is 1.12. The van der Waals surface area contributed by atoms with Gasteiger partial charge in [-0.05, 0) is 59.3 Å². The molecule has 4 atom stereocenters. The van der Waals surface area contributed by atoms with Crippen molar-refractivity contribution >= 4 is 34.0 Å². The Kier molecular flexibility index (Phi) is 5.58. The molecule has 1 aliphatic carbocycles. The number of anilines is 1. The Morgan fingerprint density at radius 2 is 2.08 bits per heavy atom. The van der Waals surface area contributed by atoms with Crippen molar-refractivity contribution in [2.24, 2.45) is 11.8 Å². The topological polar surface area (TPSA) is 107 Å². The first-order chi connectivity index (χ1) is 17.7. The lowest BCUT2D eigenvalue weighted by Gasteiger charge is -2.34. The van der Waals surface area contributed by atoms with Crippen molar-refractivity contribution < 1.29 is 4.79 Å². The SMILES string of the molecule is O=C(Nc1cncc(C2CC3C(CN2)NNC3c2nc3c(-c4ccsc4)cccc3[nH]2)c1)C1CCC1. The number of rotatable bonds is 5. The van der Waals surface area contributed by atoms with E-state index in [1.54, 1.807) is 17.5 Å². The van der Waals surface area contributed by atoms with Gasteiger partial charge in [-0.15, -0.1) is 0 Å². The summed E-state index contributed by atoms with van der Waals surface area (Å²) in [6.07, 6.45) is 7.72. The minimum absolute atomic E-state index is 0.0804. The number of H-pyrrole nitrogens is 1. The number of pyridine rings is 1. The smallest absolute Gasteiger partial charge is 0.227 e. The molecule has 184 valence electrons. The van der Waals surface area contributed by atoms with Crippen LogP contribution in [0, 0.1) is 11.8 Å². The third-order valence-corrected chi connectivity index (χ3v) is 8.71. The first-order valence-corrected chi connectivity index (χ1v) is 13.7. The van der Waals surface area contributed by atoms with Crippen molar-refractivity contribution in [3.63, 3.8) is 0 Å². The number of hydrazine groups is 1. The predicted octanol–water partition coefficient (Wildman–Crippen LogP) is 4.29. The molecule has 4 unspecified atom stereocenters. The van der Waals surface area contributed by atoms with Gasteiger partial charge in [-0.2, -0.15) is 11.3 Å². The average molecular weight is 500 g/mol. The van der Waals surface area contributed by atoms with Crippen molar-refractivity contribution in [2.75, 3.05) is 11.9 Å². The maximum Gasteiger partial charge on any atom is 0.227 e. The number of aromatic nitrogens is 3. The van der Waals surface area contributed by atoms with Gasteiger partial charge in [0.05, 0.1) is 29.0 Å². The summed E-state index contributed by atoms with van der Waals surface area (Å²) in [4.78, 5) is 25.5. The largest absolute Gasteiger partial charge is 0.341 e. The van der Waals surface area contributed by atoms with E-state index in [1.165, 1.54) is 5.56 Å². The number of fused-ring (bicyclic) bond motifs is 2. The molecule has 7 rings (SSSR count). The molecule has 1 amide bonds. The second-order valence-corrected chi connectivity index (χ2v) is 11.0. The molecule has 3 fully saturated rings. The summed E-state index contributed by atoms with van der Waals surface area (Å²) in [5.41, 5.74) is 13.3. The number of nitrogens with one attached hydrogen (secondary N) is 5. The number of nitrogens with zero attached hydrogens (tertiary/aromatic N) is 2. The Morgan fingerprint density at radius 1 is 1.14 bits per heavy atom. The molecule has 2 saturated heterocycles. The van der Waals surface area contributed by atoms with Crippen LogP contribution in [-0.4, -0.2) is 33.4 Å². The van der Waals surface area contributed by atoms with Crippen molar-refractivity contribution in [1.82, 2.24) is 31.1 Å². The number of benzene rings is 1. The summed E-state index contributed by atoms with van der Waals surface area (Å²) in [5.74, 6) is 1.60. The standard InChI is InChI=1S/C27H29N7OS/c35-27(15-3-1-4-15)30-18-9-17(11-28-12-18)22-10-20-23(13-29-22)33-34-25(20)26-31-21-6-2-5-19(24(21)32-26)16-7-8-36-14-16/h2,5-9,11-12,14-15,20,22-23,25,29,33-34H,1,3-4,10,13H2,(H,30,35)(H,31,32). The minimum atomic E-state index is 0.0804. The highest BCUT2D eigenvalue weighted by atomic mass is 32.1. The number of para-hydroxylation sites is 1. The van der Waals surface area contributed by atoms with Crippen LogP contribution in [0.15, 0.2) is 53.5 Å². The molecule has 5 heterocycles. The Bertz CT molecular complexity index is 1400. The zero-order valence-corrected chi connectivity index (χ0v) is 20.6. The summed E-state index contributed by atoms with van der Waals surface area (Å²) in [7, 11) is 0. The Morgan fingerprint density at radius 3 is 2.92 bits per heavy atom. The zero-order chi connectivity index (χ0) is 24.1. The molecule has 9 heteroatoms. The number of carbonyl (C=O) groups is 1. The van der Waals surface area contributed by atoms with Gasteiger partial charge in [0.15, 0.2) is 0 Å². The molecule has 1 aromatic carbocycles. The van der Waals surface area contributed by atoms with E-state index in [-0.39, 0.29) is 23.9 Å². The molecule has 5 N–H and O–H groups in total. The normalized spacial score (nSPS) is 26.0. The highest BCUT2D eigenvalue weighted by Crippen LogP contribution is 2.39. The van der Waals surface area contributed by atoms with Crippen molar-refractivity contribution in [3.05, 3.63) is 64.9 Å². The molecule has 0 bridgehead atoms. The number of imidazole rings is 1. The minimum Gasteiger partial charge on any atom is -0.341 e. The van der Waals surface area contributed by atoms with E-state index in [0.717, 1.165) is 65.9 Å². The average Bonchev–Trinajstić information content (AvgIpc) is 3.61. The Hall–Kier alpha value is -3.11. The number of carbonyl (C=O) groups excluding carboxylic acids is 1. The van der Waals surface area contributed by atoms with Crippen molar-refractivity contribution in [2.45, 2.75) is 43.8 Å². The van der Waals surface area contributed by atoms with E-state index in [4.69, 9.17) is 4.98 Å². The lowest BCUT2D eigenvalue weighted by molar-refractivity contribution is -0.122. The van der Waals surface area contributed by atoms with Crippen LogP contribution in [0.5, 0.6) is 0 Å². The van der Waals surface area contributed by atoms with E-state index in [0.29, 0.717) is 12.0 Å². The van der Waals surface area contributed by atoms with E-state index < -0.39 is 0 Å². The molecule has 8 nitrogen and oxygen atoms in total. The summed E-state index contributed by atoms with van der Waals surface area (Å²) in [6, 6.07) is 11.1. The molecule has 3 aromatic heterocycles. The van der Waals surface area contributed by atoms with Crippen LogP contribution in [0.2, 0.25) is 0 Å². The number of thiophene rings is 1. The molecule has 2 aliphatic heterocycles. The fraction of sp³-hybridized carbons (Fsp3) is 0.370. The van der Waals surface area contributed by atoms with E-state index in [1.807, 2.05) is 6.20 Å². The fourth-order valence-electron chi connectivity index (χ4n) is 5.78. The van der Waals surface area contributed by atoms with Gasteiger partial charge in [0.1, 0.15) is 5.82 Å². The van der Waals surface area contributed by atoms with Crippen LogP contribution in [0.25, 0.3) is 22.2 Å². The molecule has 1 saturated carbocycles. The number of amides is 1. The van der Waals surface area contributed by atoms with E-state index >= 15 is 0 Å². The molecular weight excluding hydrogens is 470 g/mol. The Labute approximate surface area is 213 Å². The van der Waals surface area contributed by atoms with E-state index in [2.05, 4.69) is 72.5 Å². The highest BCUT2D eigenvalue weighted by molar-refractivity contribution is 7.08. The number of hydrogen-bond donors (Lipinski definition) is 5. The van der Waals surface area contributed by atoms with Crippen LogP contribution >= 0.6 is 11.3 Å². The summed E-state index contributed by atoms with van der Waals surface area (Å²) in [6.45, 7) is 0.845. The molecule has 36 heavy (non-hydrogen) atoms. The lowest BCUT2D eigenvalue weighted by Crippen LogP contribution is -2.46. The van der Waals surface area contributed by atoms with Crippen LogP contribution in [0.1, 0.15) is 49.2 Å². The van der Waals surface area contributed by atoms with Gasteiger partial charge >= 0.3 is 0 Å². The quantitative estimate of drug-likeness (QED) is 0.280. The van der Waals surface area contributed by atoms with Crippen LogP contribution in [-0.2, 0) is 4.79 Å². The van der Waals surface area contributed by atoms with E-state index in [9.17, 15) is 4.79 Å². The van der Waals surface area contributed by atoms with Crippen LogP contribution in [0.4, 0.5) is 5.69 Å². The second kappa shape index (κ2) is 9.08. The van der Waals surface area contributed by atoms with Gasteiger partial charge in [-0.25, -0.2) is 10.4 Å². The number of piperidine rings is 1. The summed E-state index contributed by atoms with van der Waals surface area (Å²) in [5, 5.41) is 11.0. The van der Waals surface area contributed by atoms with Gasteiger partial charge in [-0.1, -0.05) is 18.6 Å². The number of hydrogen-bond acceptors (Lipinski definition) is 7. The van der Waals surface area contributed by atoms with Crippen molar-refractivity contribution in [1.29, 1.82) is 0 Å². The summed E-state index contributed by atoms with van der Waals surface area (Å²) >= 11 is 1.70. The van der Waals surface area contributed by atoms with Gasteiger partial charge in [0.2, 0.25) is 5.91 Å². The third kappa shape index (κ3) is 3.92. The molecule has 0 spiro atoms. The maximum absolute atomic E-state index is 12.4. The maximum atomic E-state index is 12.4. The second-order valence-electron chi connectivity index (χ2n) is 10.2. The van der Waals surface area contributed by atoms with Gasteiger partial charge < -0.3 is 15.6 Å². The monoisotopic (exact) mass is 499 g/mol. The molecule has 4 aromatic rings. The van der Waals surface area contributed by atoms with Gasteiger partial charge in [-0.3, -0.25) is 15.2 Å². The number of aromatic amines is 1. The molecule has 3 aliphatic rings. The fourth-order valence-corrected chi connectivity index (χ4v) is 6.43. The first kappa shape index (κ1) is 22.1. The zero-order valence-electron chi connectivity index (χ0n) is 19.8. The van der Waals surface area contributed by atoms with Gasteiger partial charge in [0.25, 0.3) is 0 Å². The summed E-state index contributed by atoms with van der Waals surface area (Å²) < 4.78 is 0. The highest BCUT2D eigenvalue weighted by Gasteiger charge is 2.42. The first-order valence-electron chi connectivity index (χ1n) is 12.7.